The Bertz CT molecular complexity index is 1470. The van der Waals surface area contributed by atoms with Gasteiger partial charge in [0.1, 0.15) is 22.8 Å². The van der Waals surface area contributed by atoms with E-state index in [0.717, 1.165) is 0 Å². The fourth-order valence-electron chi connectivity index (χ4n) is 7.03. The first-order chi connectivity index (χ1) is 19.6. The Morgan fingerprint density at radius 2 is 1.67 bits per heavy atom. The van der Waals surface area contributed by atoms with E-state index in [1.165, 1.54) is 4.90 Å². The van der Waals surface area contributed by atoms with Crippen molar-refractivity contribution in [1.29, 1.82) is 0 Å². The van der Waals surface area contributed by atoms with Gasteiger partial charge in [0.25, 0.3) is 11.8 Å². The van der Waals surface area contributed by atoms with Gasteiger partial charge in [0.15, 0.2) is 11.4 Å². The molecule has 0 bridgehead atoms. The van der Waals surface area contributed by atoms with E-state index < -0.39 is 69.7 Å². The van der Waals surface area contributed by atoms with Gasteiger partial charge in [-0.3, -0.25) is 24.1 Å². The summed E-state index contributed by atoms with van der Waals surface area (Å²) in [5.74, 6) is -7.74. The molecule has 4 aliphatic rings. The van der Waals surface area contributed by atoms with Gasteiger partial charge in [0.05, 0.1) is 17.2 Å². The molecule has 0 unspecified atom stereocenters. The number of Topliss-reactive ketones (excluding diaryl/α,β-unsaturated/α-hetero) is 2. The SMILES string of the molecule is CN1CCN(C(=O)c2cc(N(C)C)c3c(c2O)C(O)=C2C(=O)[C@]4(O)C(O)=C(C(N)=O)C(=O)[C@@H](N(C)C)[C@@H]4C[C@@H]2C3)CC1. The normalized spacial score (nSPS) is 28.1. The number of phenols is 1. The van der Waals surface area contributed by atoms with Crippen LogP contribution in [-0.2, 0) is 20.8 Å². The van der Waals surface area contributed by atoms with Crippen LogP contribution >= 0.6 is 0 Å². The van der Waals surface area contributed by atoms with Crippen molar-refractivity contribution in [1.82, 2.24) is 14.7 Å². The zero-order valence-corrected chi connectivity index (χ0v) is 24.3. The van der Waals surface area contributed by atoms with Gasteiger partial charge >= 0.3 is 0 Å². The number of nitrogens with two attached hydrogens (primary N) is 1. The molecule has 3 aliphatic carbocycles. The number of aliphatic hydroxyl groups is 3. The molecule has 1 saturated carbocycles. The minimum Gasteiger partial charge on any atom is -0.508 e. The number of carbonyl (C=O) groups is 4. The van der Waals surface area contributed by atoms with E-state index in [9.17, 15) is 39.6 Å². The quantitative estimate of drug-likeness (QED) is 0.285. The molecule has 4 atom stereocenters. The number of nitrogens with zero attached hydrogens (tertiary/aromatic N) is 4. The summed E-state index contributed by atoms with van der Waals surface area (Å²) < 4.78 is 0. The molecular weight excluding hydrogens is 546 g/mol. The van der Waals surface area contributed by atoms with Crippen LogP contribution in [0.5, 0.6) is 5.75 Å². The number of aromatic hydroxyl groups is 1. The van der Waals surface area contributed by atoms with Crippen molar-refractivity contribution in [2.75, 3.05) is 66.3 Å². The molecular formula is C29H37N5O8. The van der Waals surface area contributed by atoms with Gasteiger partial charge in [-0.05, 0) is 51.5 Å². The number of hydrogen-bond donors (Lipinski definition) is 5. The number of piperazine rings is 1. The summed E-state index contributed by atoms with van der Waals surface area (Å²) in [4.78, 5) is 60.0. The highest BCUT2D eigenvalue weighted by molar-refractivity contribution is 6.24. The van der Waals surface area contributed by atoms with Crippen LogP contribution in [0.25, 0.3) is 5.76 Å². The Morgan fingerprint density at radius 3 is 2.21 bits per heavy atom. The number of primary amides is 1. The Morgan fingerprint density at radius 1 is 1.05 bits per heavy atom. The van der Waals surface area contributed by atoms with Crippen molar-refractivity contribution in [3.63, 3.8) is 0 Å². The fraction of sp³-hybridized carbons (Fsp3) is 0.517. The van der Waals surface area contributed by atoms with Crippen molar-refractivity contribution in [2.24, 2.45) is 17.6 Å². The summed E-state index contributed by atoms with van der Waals surface area (Å²) >= 11 is 0. The average molecular weight is 584 g/mol. The number of ketones is 2. The van der Waals surface area contributed by atoms with E-state index in [0.29, 0.717) is 37.4 Å². The molecule has 1 saturated heterocycles. The first kappa shape index (κ1) is 29.5. The van der Waals surface area contributed by atoms with Crippen molar-refractivity contribution >= 4 is 34.8 Å². The number of likely N-dealkylation sites (N-methyl/N-ethyl adjacent to an activating group) is 2. The lowest BCUT2D eigenvalue weighted by atomic mass is 9.57. The summed E-state index contributed by atoms with van der Waals surface area (Å²) in [6.45, 7) is 2.21. The zero-order chi connectivity index (χ0) is 31.0. The minimum absolute atomic E-state index is 0.0125. The molecule has 13 heteroatoms. The van der Waals surface area contributed by atoms with Gasteiger partial charge in [0.2, 0.25) is 5.78 Å². The van der Waals surface area contributed by atoms with Crippen molar-refractivity contribution in [2.45, 2.75) is 24.5 Å². The molecule has 1 aromatic carbocycles. The second-order valence-electron chi connectivity index (χ2n) is 12.1. The van der Waals surface area contributed by atoms with Crippen molar-refractivity contribution < 1.29 is 39.6 Å². The van der Waals surface area contributed by atoms with Gasteiger partial charge in [0, 0.05) is 57.5 Å². The summed E-state index contributed by atoms with van der Waals surface area (Å²) in [5, 5.41) is 45.9. The number of hydrogen-bond acceptors (Lipinski definition) is 11. The van der Waals surface area contributed by atoms with Crippen molar-refractivity contribution in [3.8, 4) is 5.75 Å². The van der Waals surface area contributed by atoms with Crippen LogP contribution in [0.1, 0.15) is 27.9 Å². The molecule has 0 radical (unpaired) electrons. The molecule has 13 nitrogen and oxygen atoms in total. The van der Waals surface area contributed by atoms with Gasteiger partial charge in [-0.2, -0.15) is 0 Å². The number of amides is 2. The number of phenolic OH excluding ortho intramolecular Hbond substituents is 1. The number of rotatable bonds is 4. The topological polar surface area (TPSA) is 188 Å². The van der Waals surface area contributed by atoms with Gasteiger partial charge < -0.3 is 40.9 Å². The highest BCUT2D eigenvalue weighted by Gasteiger charge is 2.64. The zero-order valence-electron chi connectivity index (χ0n) is 24.3. The smallest absolute Gasteiger partial charge is 0.257 e. The third-order valence-electron chi connectivity index (χ3n) is 9.20. The lowest BCUT2D eigenvalue weighted by Crippen LogP contribution is -2.65. The van der Waals surface area contributed by atoms with E-state index in [1.54, 1.807) is 44.1 Å². The maximum absolute atomic E-state index is 14.1. The summed E-state index contributed by atoms with van der Waals surface area (Å²) in [6.07, 6.45) is 0.125. The number of fused-ring (bicyclic) bond motifs is 3. The molecule has 0 aromatic heterocycles. The Kier molecular flexibility index (Phi) is 7.11. The molecule has 42 heavy (non-hydrogen) atoms. The third kappa shape index (κ3) is 4.09. The summed E-state index contributed by atoms with van der Waals surface area (Å²) in [5.41, 5.74) is 2.45. The van der Waals surface area contributed by atoms with E-state index in [2.05, 4.69) is 4.90 Å². The standard InChI is InChI=1S/C29H37N5O8/c1-31(2)17-12-15(28(41)34-8-6-33(5)7-9-34)22(35)19-14(17)10-13-11-16-21(32(3)4)24(37)20(27(30)40)26(39)29(16,42)25(38)18(13)23(19)36/h12-13,16,21,35-36,39,42H,6-11H2,1-5H3,(H2,30,40)/t13-,16-,21-,29-/m0/s1. The Labute approximate surface area is 243 Å². The molecule has 5 rings (SSSR count). The van der Waals surface area contributed by atoms with Gasteiger partial charge in [-0.1, -0.05) is 0 Å². The molecule has 2 amide bonds. The Hall–Kier alpha value is -3.94. The first-order valence-electron chi connectivity index (χ1n) is 13.8. The minimum atomic E-state index is -2.72. The van der Waals surface area contributed by atoms with Gasteiger partial charge in [-0.25, -0.2) is 0 Å². The lowest BCUT2D eigenvalue weighted by Gasteiger charge is -2.50. The van der Waals surface area contributed by atoms with Crippen LogP contribution in [0.4, 0.5) is 5.69 Å². The predicted octanol–water partition coefficient (Wildman–Crippen LogP) is -0.582. The van der Waals surface area contributed by atoms with Crippen LogP contribution in [-0.4, -0.2) is 132 Å². The number of carbonyl (C=O) groups excluding carboxylic acids is 4. The second kappa shape index (κ2) is 10.1. The molecule has 0 spiro atoms. The van der Waals surface area contributed by atoms with E-state index >= 15 is 0 Å². The van der Waals surface area contributed by atoms with E-state index in [-0.39, 0.29) is 29.5 Å². The van der Waals surface area contributed by atoms with Gasteiger partial charge in [-0.15, -0.1) is 0 Å². The molecule has 1 aliphatic heterocycles. The van der Waals surface area contributed by atoms with Crippen LogP contribution in [0, 0.1) is 11.8 Å². The summed E-state index contributed by atoms with van der Waals surface area (Å²) in [6, 6.07) is 0.418. The molecule has 1 heterocycles. The largest absolute Gasteiger partial charge is 0.508 e. The highest BCUT2D eigenvalue weighted by Crippen LogP contribution is 2.54. The van der Waals surface area contributed by atoms with Crippen LogP contribution in [0.15, 0.2) is 23.0 Å². The van der Waals surface area contributed by atoms with Crippen LogP contribution in [0.3, 0.4) is 0 Å². The second-order valence-corrected chi connectivity index (χ2v) is 12.1. The monoisotopic (exact) mass is 583 g/mol. The lowest BCUT2D eigenvalue weighted by molar-refractivity contribution is -0.153. The predicted molar refractivity (Wildman–Crippen MR) is 152 cm³/mol. The van der Waals surface area contributed by atoms with Crippen molar-refractivity contribution in [3.05, 3.63) is 39.7 Å². The number of aliphatic hydroxyl groups excluding tert-OH is 2. The van der Waals surface area contributed by atoms with E-state index in [4.69, 9.17) is 5.73 Å². The molecule has 2 fully saturated rings. The molecule has 6 N–H and O–H groups in total. The molecule has 226 valence electrons. The molecule has 1 aromatic rings. The number of anilines is 1. The maximum atomic E-state index is 14.1. The van der Waals surface area contributed by atoms with Crippen LogP contribution in [0.2, 0.25) is 0 Å². The summed E-state index contributed by atoms with van der Waals surface area (Å²) in [7, 11) is 8.57. The first-order valence-corrected chi connectivity index (χ1v) is 13.8. The maximum Gasteiger partial charge on any atom is 0.257 e. The Balaban J connectivity index is 1.70. The highest BCUT2D eigenvalue weighted by atomic mass is 16.3. The number of benzene rings is 1. The fourth-order valence-corrected chi connectivity index (χ4v) is 7.03. The average Bonchev–Trinajstić information content (AvgIpc) is 2.90. The third-order valence-corrected chi connectivity index (χ3v) is 9.20. The van der Waals surface area contributed by atoms with E-state index in [1.807, 2.05) is 7.05 Å². The van der Waals surface area contributed by atoms with Crippen LogP contribution < -0.4 is 10.6 Å².